The van der Waals surface area contributed by atoms with Gasteiger partial charge < -0.3 is 9.80 Å². The van der Waals surface area contributed by atoms with Gasteiger partial charge in [0.2, 0.25) is 0 Å². The molecule has 7 aromatic carbocycles. The van der Waals surface area contributed by atoms with Gasteiger partial charge in [0.05, 0.1) is 0 Å². The summed E-state index contributed by atoms with van der Waals surface area (Å²) in [6, 6.07) is 67.6. The van der Waals surface area contributed by atoms with Gasteiger partial charge >= 0.3 is 0 Å². The van der Waals surface area contributed by atoms with Crippen LogP contribution < -0.4 is 9.80 Å². The van der Waals surface area contributed by atoms with Crippen molar-refractivity contribution in [3.8, 4) is 11.1 Å². The van der Waals surface area contributed by atoms with Crippen molar-refractivity contribution in [3.63, 3.8) is 0 Å². The van der Waals surface area contributed by atoms with Gasteiger partial charge in [-0.15, -0.1) is 0 Å². The molecule has 2 aliphatic rings. The van der Waals surface area contributed by atoms with Crippen molar-refractivity contribution in [3.05, 3.63) is 204 Å². The number of anilines is 6. The zero-order chi connectivity index (χ0) is 46.4. The summed E-state index contributed by atoms with van der Waals surface area (Å²) in [6.07, 6.45) is 25.5. The third-order valence-corrected chi connectivity index (χ3v) is 15.6. The third-order valence-electron chi connectivity index (χ3n) is 15.6. The Morgan fingerprint density at radius 1 is 0.368 bits per heavy atom. The van der Waals surface area contributed by atoms with Crippen molar-refractivity contribution in [1.29, 1.82) is 0 Å². The number of para-hydroxylation sites is 1. The van der Waals surface area contributed by atoms with Crippen LogP contribution in [0.15, 0.2) is 176 Å². The lowest BCUT2D eigenvalue weighted by atomic mass is 9.65. The molecule has 350 valence electrons. The van der Waals surface area contributed by atoms with Crippen molar-refractivity contribution in [2.75, 3.05) is 9.80 Å². The van der Waals surface area contributed by atoms with E-state index in [1.54, 1.807) is 0 Å². The Morgan fingerprint density at radius 2 is 0.750 bits per heavy atom. The van der Waals surface area contributed by atoms with Crippen LogP contribution in [0.3, 0.4) is 0 Å². The zero-order valence-corrected chi connectivity index (χ0v) is 41.4. The molecule has 7 aromatic rings. The Kier molecular flexibility index (Phi) is 16.3. The minimum absolute atomic E-state index is 0.0223. The molecule has 2 fully saturated rings. The van der Waals surface area contributed by atoms with Crippen LogP contribution in [0.25, 0.3) is 11.1 Å². The van der Waals surface area contributed by atoms with Gasteiger partial charge in [0, 0.05) is 39.5 Å². The molecule has 0 heterocycles. The highest BCUT2D eigenvalue weighted by molar-refractivity contribution is 5.79. The van der Waals surface area contributed by atoms with Crippen LogP contribution in [-0.2, 0) is 18.3 Å². The van der Waals surface area contributed by atoms with E-state index in [-0.39, 0.29) is 5.41 Å². The number of rotatable bonds is 20. The summed E-state index contributed by atoms with van der Waals surface area (Å²) in [7, 11) is 0. The van der Waals surface area contributed by atoms with Gasteiger partial charge in [-0.1, -0.05) is 194 Å². The zero-order valence-electron chi connectivity index (χ0n) is 41.4. The fourth-order valence-electron chi connectivity index (χ4n) is 11.6. The lowest BCUT2D eigenvalue weighted by Crippen LogP contribution is -2.30. The monoisotopic (exact) mass is 897 g/mol. The molecule has 0 saturated heterocycles. The van der Waals surface area contributed by atoms with Crippen molar-refractivity contribution >= 4 is 34.1 Å². The molecule has 0 aliphatic heterocycles. The maximum absolute atomic E-state index is 2.47. The van der Waals surface area contributed by atoms with Crippen LogP contribution in [-0.4, -0.2) is 0 Å². The van der Waals surface area contributed by atoms with Crippen LogP contribution in [0, 0.1) is 0 Å². The lowest BCUT2D eigenvalue weighted by molar-refractivity contribution is 0.346. The molecule has 2 aliphatic carbocycles. The molecular formula is C66H76N2. The summed E-state index contributed by atoms with van der Waals surface area (Å²) in [4.78, 5) is 4.89. The second kappa shape index (κ2) is 23.4. The molecule has 2 saturated carbocycles. The van der Waals surface area contributed by atoms with E-state index < -0.39 is 0 Å². The Balaban J connectivity index is 0.997. The van der Waals surface area contributed by atoms with Gasteiger partial charge in [-0.2, -0.15) is 0 Å². The third kappa shape index (κ3) is 11.3. The number of benzene rings is 7. The standard InChI is InChI=1S/C66H76N2/c1-3-5-7-12-20-52-26-30-55(31-27-52)57-34-44-63(45-35-57)68(62-42-32-56(33-43-62)54-22-14-9-15-23-54)65-48-38-59(39-49-65)66(50-18-11-19-51-66)58-36-46-64(47-37-58)67(60-24-16-10-17-25-60)61-40-28-53(29-41-61)21-13-8-6-4-2/h10,16-17,24-49,54H,3-9,11-15,18-23,50-51H2,1-2H3. The molecule has 2 heteroatoms. The molecule has 0 amide bonds. The summed E-state index contributed by atoms with van der Waals surface area (Å²) in [5.41, 5.74) is 16.9. The molecule has 68 heavy (non-hydrogen) atoms. The first kappa shape index (κ1) is 47.2. The molecule has 9 rings (SSSR count). The first-order chi connectivity index (χ1) is 33.6. The van der Waals surface area contributed by atoms with Gasteiger partial charge in [-0.3, -0.25) is 0 Å². The van der Waals surface area contributed by atoms with Crippen molar-refractivity contribution < 1.29 is 0 Å². The van der Waals surface area contributed by atoms with E-state index in [2.05, 4.69) is 200 Å². The van der Waals surface area contributed by atoms with E-state index in [0.717, 1.165) is 6.42 Å². The number of hydrogen-bond donors (Lipinski definition) is 0. The number of hydrogen-bond acceptors (Lipinski definition) is 2. The topological polar surface area (TPSA) is 6.48 Å². The summed E-state index contributed by atoms with van der Waals surface area (Å²) in [5, 5.41) is 0. The maximum Gasteiger partial charge on any atom is 0.0462 e. The van der Waals surface area contributed by atoms with Gasteiger partial charge in [0.25, 0.3) is 0 Å². The summed E-state index contributed by atoms with van der Waals surface area (Å²) < 4.78 is 0. The Labute approximate surface area is 410 Å². The van der Waals surface area contributed by atoms with Gasteiger partial charge in [0.1, 0.15) is 0 Å². The molecule has 2 nitrogen and oxygen atoms in total. The second-order valence-corrected chi connectivity index (χ2v) is 20.2. The average molecular weight is 897 g/mol. The molecule has 0 atom stereocenters. The molecule has 0 aromatic heterocycles. The van der Waals surface area contributed by atoms with Crippen LogP contribution in [0.5, 0.6) is 0 Å². The quantitative estimate of drug-likeness (QED) is 0.0704. The van der Waals surface area contributed by atoms with Gasteiger partial charge in [-0.25, -0.2) is 0 Å². The predicted molar refractivity (Wildman–Crippen MR) is 293 cm³/mol. The lowest BCUT2D eigenvalue weighted by Gasteiger charge is -2.39. The van der Waals surface area contributed by atoms with Gasteiger partial charge in [-0.05, 0) is 169 Å². The second-order valence-electron chi connectivity index (χ2n) is 20.2. The minimum Gasteiger partial charge on any atom is -0.311 e. The number of aryl methyl sites for hydroxylation is 2. The Bertz CT molecular complexity index is 2540. The van der Waals surface area contributed by atoms with Crippen molar-refractivity contribution in [2.24, 2.45) is 0 Å². The van der Waals surface area contributed by atoms with E-state index in [9.17, 15) is 0 Å². The normalized spacial score (nSPS) is 15.0. The maximum atomic E-state index is 2.47. The van der Waals surface area contributed by atoms with Gasteiger partial charge in [0.15, 0.2) is 0 Å². The smallest absolute Gasteiger partial charge is 0.0462 e. The van der Waals surface area contributed by atoms with Crippen LogP contribution in [0.1, 0.15) is 163 Å². The summed E-state index contributed by atoms with van der Waals surface area (Å²) in [6.45, 7) is 4.57. The highest BCUT2D eigenvalue weighted by Gasteiger charge is 2.36. The van der Waals surface area contributed by atoms with E-state index in [4.69, 9.17) is 0 Å². The number of unbranched alkanes of at least 4 members (excludes halogenated alkanes) is 6. The highest BCUT2D eigenvalue weighted by atomic mass is 15.1. The molecule has 0 bridgehead atoms. The predicted octanol–water partition coefficient (Wildman–Crippen LogP) is 19.8. The Morgan fingerprint density at radius 3 is 1.22 bits per heavy atom. The SMILES string of the molecule is CCCCCCc1ccc(-c2ccc(N(c3ccc(C4CCCCC4)cc3)c3ccc(C4(c5ccc(N(c6ccccc6)c6ccc(CCCCCC)cc6)cc5)CCCCC4)cc3)cc2)cc1. The minimum atomic E-state index is -0.0223. The van der Waals surface area contributed by atoms with Crippen LogP contribution in [0.4, 0.5) is 34.1 Å². The molecular weight excluding hydrogens is 821 g/mol. The van der Waals surface area contributed by atoms with Crippen molar-refractivity contribution in [2.45, 2.75) is 154 Å². The van der Waals surface area contributed by atoms with E-state index in [1.807, 2.05) is 0 Å². The van der Waals surface area contributed by atoms with E-state index >= 15 is 0 Å². The summed E-state index contributed by atoms with van der Waals surface area (Å²) >= 11 is 0. The highest BCUT2D eigenvalue weighted by Crippen LogP contribution is 2.47. The Hall–Kier alpha value is -5.86. The molecule has 0 unspecified atom stereocenters. The van der Waals surface area contributed by atoms with Crippen molar-refractivity contribution in [1.82, 2.24) is 0 Å². The largest absolute Gasteiger partial charge is 0.311 e. The fourth-order valence-corrected chi connectivity index (χ4v) is 11.6. The molecule has 0 radical (unpaired) electrons. The van der Waals surface area contributed by atoms with Crippen LogP contribution >= 0.6 is 0 Å². The average Bonchev–Trinajstić information content (AvgIpc) is 3.41. The first-order valence-electron chi connectivity index (χ1n) is 26.9. The number of nitrogens with zero attached hydrogens (tertiary/aromatic N) is 2. The molecule has 0 N–H and O–H groups in total. The molecule has 0 spiro atoms. The van der Waals surface area contributed by atoms with E-state index in [0.29, 0.717) is 5.92 Å². The first-order valence-corrected chi connectivity index (χ1v) is 26.9. The van der Waals surface area contributed by atoms with Crippen LogP contribution in [0.2, 0.25) is 0 Å². The van der Waals surface area contributed by atoms with E-state index in [1.165, 1.54) is 195 Å². The fraction of sp³-hybridized carbons (Fsp3) is 0.364. The summed E-state index contributed by atoms with van der Waals surface area (Å²) in [5.74, 6) is 0.686.